The molecule has 0 atom stereocenters. The summed E-state index contributed by atoms with van der Waals surface area (Å²) in [6, 6.07) is 6.95. The van der Waals surface area contributed by atoms with Crippen LogP contribution < -0.4 is 10.5 Å². The molecule has 0 bridgehead atoms. The second-order valence-electron chi connectivity index (χ2n) is 4.69. The number of sulfonamides is 1. The maximum Gasteiger partial charge on any atom is 0.259 e. The minimum Gasteiger partial charge on any atom is -0.380 e. The van der Waals surface area contributed by atoms with Gasteiger partial charge in [-0.1, -0.05) is 38.0 Å². The molecule has 0 aliphatic carbocycles. The van der Waals surface area contributed by atoms with Gasteiger partial charge in [0.2, 0.25) is 10.0 Å². The van der Waals surface area contributed by atoms with Gasteiger partial charge in [0.05, 0.1) is 17.0 Å². The highest BCUT2D eigenvalue weighted by atomic mass is 32.2. The fourth-order valence-corrected chi connectivity index (χ4v) is 2.33. The summed E-state index contributed by atoms with van der Waals surface area (Å²) in [5.41, 5.74) is 6.22. The van der Waals surface area contributed by atoms with Crippen molar-refractivity contribution >= 4 is 43.9 Å². The number of nitrogen functional groups attached to an aromatic ring is 1. The van der Waals surface area contributed by atoms with Crippen molar-refractivity contribution in [2.45, 2.75) is 27.7 Å². The van der Waals surface area contributed by atoms with E-state index in [-0.39, 0.29) is 5.82 Å². The van der Waals surface area contributed by atoms with E-state index in [4.69, 9.17) is 14.8 Å². The lowest BCUT2D eigenvalue weighted by atomic mass is 10.3. The van der Waals surface area contributed by atoms with Crippen LogP contribution in [0.15, 0.2) is 45.7 Å². The van der Waals surface area contributed by atoms with Crippen molar-refractivity contribution in [2.75, 3.05) is 16.7 Å². The van der Waals surface area contributed by atoms with Gasteiger partial charge < -0.3 is 14.8 Å². The first-order valence-corrected chi connectivity index (χ1v) is 10.5. The standard InChI is InChI=1S/C7H7N3O3S.C6H5N3O.2C2H6/c1-14(11,12)10-6-5-3-2-4-8-7(5)13-9-6;7-5-4-2-1-3-8-6(4)10-9-5;2*1-2/h2-4H,1H3,(H,9,10);1-3H,(H2,7,9);2*1-2H3. The van der Waals surface area contributed by atoms with Crippen molar-refractivity contribution in [1.82, 2.24) is 20.3 Å². The summed E-state index contributed by atoms with van der Waals surface area (Å²) < 4.78 is 33.7. The van der Waals surface area contributed by atoms with Crippen molar-refractivity contribution in [2.24, 2.45) is 0 Å². The highest BCUT2D eigenvalue weighted by molar-refractivity contribution is 7.92. The van der Waals surface area contributed by atoms with Crippen LogP contribution in [-0.4, -0.2) is 35.0 Å². The van der Waals surface area contributed by atoms with Crippen LogP contribution in [-0.2, 0) is 10.0 Å². The molecule has 4 rings (SSSR count). The summed E-state index contributed by atoms with van der Waals surface area (Å²) in [4.78, 5) is 7.76. The van der Waals surface area contributed by atoms with Gasteiger partial charge in [-0.15, -0.1) is 0 Å². The summed E-state index contributed by atoms with van der Waals surface area (Å²) >= 11 is 0. The zero-order chi connectivity index (χ0) is 21.2. The number of fused-ring (bicyclic) bond motifs is 2. The van der Waals surface area contributed by atoms with Crippen molar-refractivity contribution < 1.29 is 17.5 Å². The monoisotopic (exact) mass is 408 g/mol. The fourth-order valence-electron chi connectivity index (χ4n) is 1.83. The molecule has 0 unspecified atom stereocenters. The van der Waals surface area contributed by atoms with Crippen LogP contribution in [0.25, 0.3) is 22.2 Å². The first-order chi connectivity index (χ1) is 13.4. The third-order valence-electron chi connectivity index (χ3n) is 2.81. The van der Waals surface area contributed by atoms with Crippen LogP contribution in [0.1, 0.15) is 27.7 Å². The first-order valence-electron chi connectivity index (χ1n) is 8.58. The summed E-state index contributed by atoms with van der Waals surface area (Å²) in [6.07, 6.45) is 4.22. The molecule has 3 N–H and O–H groups in total. The first kappa shape index (κ1) is 22.8. The van der Waals surface area contributed by atoms with Crippen molar-refractivity contribution in [1.29, 1.82) is 0 Å². The third kappa shape index (κ3) is 6.20. The number of hydrogen-bond acceptors (Lipinski definition) is 9. The molecule has 0 aliphatic rings. The molecule has 0 saturated heterocycles. The van der Waals surface area contributed by atoms with Gasteiger partial charge in [0, 0.05) is 12.4 Å². The Bertz CT molecular complexity index is 1090. The number of pyridine rings is 2. The van der Waals surface area contributed by atoms with Gasteiger partial charge >= 0.3 is 0 Å². The molecule has 0 aliphatic heterocycles. The SMILES string of the molecule is CC.CC.CS(=O)(=O)Nc1noc2ncccc12.Nc1noc2ncccc12. The maximum absolute atomic E-state index is 10.9. The smallest absolute Gasteiger partial charge is 0.259 e. The number of nitrogens with two attached hydrogens (primary N) is 1. The molecule has 0 radical (unpaired) electrons. The topological polar surface area (TPSA) is 150 Å². The largest absolute Gasteiger partial charge is 0.380 e. The second kappa shape index (κ2) is 10.8. The van der Waals surface area contributed by atoms with Gasteiger partial charge in [0.15, 0.2) is 11.6 Å². The molecule has 0 aromatic carbocycles. The fraction of sp³-hybridized carbons (Fsp3) is 0.294. The van der Waals surface area contributed by atoms with E-state index < -0.39 is 10.0 Å². The van der Waals surface area contributed by atoms with Crippen LogP contribution in [0.4, 0.5) is 11.6 Å². The Morgan fingerprint density at radius 1 is 0.893 bits per heavy atom. The Morgan fingerprint density at radius 3 is 1.93 bits per heavy atom. The Balaban J connectivity index is 0.000000246. The Morgan fingerprint density at radius 2 is 1.39 bits per heavy atom. The van der Waals surface area contributed by atoms with Crippen LogP contribution in [0, 0.1) is 0 Å². The van der Waals surface area contributed by atoms with Crippen LogP contribution in [0.3, 0.4) is 0 Å². The molecule has 4 aromatic heterocycles. The molecule has 0 amide bonds. The normalized spacial score (nSPS) is 10.0. The summed E-state index contributed by atoms with van der Waals surface area (Å²) in [7, 11) is -3.34. The summed E-state index contributed by atoms with van der Waals surface area (Å²) in [5, 5.41) is 8.39. The van der Waals surface area contributed by atoms with E-state index in [1.54, 1.807) is 24.4 Å². The quantitative estimate of drug-likeness (QED) is 0.508. The maximum atomic E-state index is 10.9. The Kier molecular flexibility index (Phi) is 8.82. The van der Waals surface area contributed by atoms with E-state index in [1.165, 1.54) is 6.20 Å². The number of rotatable bonds is 2. The lowest BCUT2D eigenvalue weighted by Gasteiger charge is -1.96. The van der Waals surface area contributed by atoms with Gasteiger partial charge in [0.25, 0.3) is 11.4 Å². The molecule has 0 fully saturated rings. The lowest BCUT2D eigenvalue weighted by molar-refractivity contribution is 0.452. The molecular weight excluding hydrogens is 384 g/mol. The van der Waals surface area contributed by atoms with Crippen LogP contribution in [0.2, 0.25) is 0 Å². The van der Waals surface area contributed by atoms with E-state index >= 15 is 0 Å². The molecule has 0 saturated carbocycles. The minimum absolute atomic E-state index is 0.163. The lowest BCUT2D eigenvalue weighted by Crippen LogP contribution is -2.09. The Hall–Kier alpha value is -3.21. The molecular formula is C17H24N6O4S. The van der Waals surface area contributed by atoms with Gasteiger partial charge in [0.1, 0.15) is 0 Å². The number of anilines is 2. The van der Waals surface area contributed by atoms with E-state index in [9.17, 15) is 8.42 Å². The highest BCUT2D eigenvalue weighted by Gasteiger charge is 2.11. The highest BCUT2D eigenvalue weighted by Crippen LogP contribution is 2.20. The van der Waals surface area contributed by atoms with E-state index in [0.29, 0.717) is 22.6 Å². The Labute approximate surface area is 163 Å². The van der Waals surface area contributed by atoms with E-state index in [2.05, 4.69) is 25.0 Å². The molecule has 11 heteroatoms. The minimum atomic E-state index is -3.34. The van der Waals surface area contributed by atoms with Crippen molar-refractivity contribution in [3.05, 3.63) is 36.7 Å². The van der Waals surface area contributed by atoms with E-state index in [0.717, 1.165) is 11.6 Å². The molecule has 0 spiro atoms. The van der Waals surface area contributed by atoms with Gasteiger partial charge in [-0.25, -0.2) is 18.4 Å². The number of nitrogens with one attached hydrogen (secondary N) is 1. The van der Waals surface area contributed by atoms with Gasteiger partial charge in [-0.3, -0.25) is 4.72 Å². The second-order valence-corrected chi connectivity index (χ2v) is 6.43. The molecule has 28 heavy (non-hydrogen) atoms. The molecule has 4 heterocycles. The summed E-state index contributed by atoms with van der Waals surface area (Å²) in [5.74, 6) is 0.554. The van der Waals surface area contributed by atoms with Gasteiger partial charge in [-0.2, -0.15) is 0 Å². The van der Waals surface area contributed by atoms with Crippen molar-refractivity contribution in [3.63, 3.8) is 0 Å². The third-order valence-corrected chi connectivity index (χ3v) is 3.37. The zero-order valence-electron chi connectivity index (χ0n) is 16.4. The van der Waals surface area contributed by atoms with Crippen molar-refractivity contribution in [3.8, 4) is 0 Å². The van der Waals surface area contributed by atoms with Crippen LogP contribution in [0.5, 0.6) is 0 Å². The van der Waals surface area contributed by atoms with Gasteiger partial charge in [-0.05, 0) is 24.3 Å². The van der Waals surface area contributed by atoms with Crippen LogP contribution >= 0.6 is 0 Å². The molecule has 10 nitrogen and oxygen atoms in total. The van der Waals surface area contributed by atoms with E-state index in [1.807, 2.05) is 33.8 Å². The average Bonchev–Trinajstić information content (AvgIpc) is 3.29. The zero-order valence-corrected chi connectivity index (χ0v) is 17.2. The number of aromatic nitrogens is 4. The summed E-state index contributed by atoms with van der Waals surface area (Å²) in [6.45, 7) is 8.00. The predicted molar refractivity (Wildman–Crippen MR) is 109 cm³/mol. The predicted octanol–water partition coefficient (Wildman–Crippen LogP) is 3.45. The molecule has 4 aromatic rings. The number of nitrogens with zero attached hydrogens (tertiary/aromatic N) is 4. The average molecular weight is 408 g/mol. The molecule has 152 valence electrons. The number of hydrogen-bond donors (Lipinski definition) is 2.